The summed E-state index contributed by atoms with van der Waals surface area (Å²) in [5.74, 6) is -2.37. The molecule has 4 amide bonds. The Morgan fingerprint density at radius 2 is 1.72 bits per heavy atom. The van der Waals surface area contributed by atoms with E-state index in [1.807, 2.05) is 5.32 Å². The van der Waals surface area contributed by atoms with E-state index in [9.17, 15) is 19.2 Å². The molecule has 18 heavy (non-hydrogen) atoms. The average molecular weight is 259 g/mol. The van der Waals surface area contributed by atoms with Crippen molar-refractivity contribution in [3.8, 4) is 0 Å². The van der Waals surface area contributed by atoms with E-state index in [0.717, 1.165) is 0 Å². The molecule has 5 N–H and O–H groups in total. The third kappa shape index (κ3) is 6.46. The van der Waals surface area contributed by atoms with Crippen molar-refractivity contribution >= 4 is 23.8 Å². The van der Waals surface area contributed by atoms with Crippen LogP contribution in [0.25, 0.3) is 0 Å². The molecule has 0 atom stereocenters. The number of aliphatic carboxylic acids is 1. The van der Waals surface area contributed by atoms with Crippen molar-refractivity contribution in [2.75, 3.05) is 0 Å². The summed E-state index contributed by atoms with van der Waals surface area (Å²) in [5.41, 5.74) is 3.76. The van der Waals surface area contributed by atoms with Crippen LogP contribution in [0.3, 0.4) is 0 Å². The van der Waals surface area contributed by atoms with Gasteiger partial charge in [0.1, 0.15) is 5.54 Å². The lowest BCUT2D eigenvalue weighted by Crippen LogP contribution is -2.56. The zero-order valence-electron chi connectivity index (χ0n) is 10.3. The zero-order valence-corrected chi connectivity index (χ0v) is 10.3. The number of amides is 4. The van der Waals surface area contributed by atoms with Crippen LogP contribution in [0.5, 0.6) is 0 Å². The predicted octanol–water partition coefficient (Wildman–Crippen LogP) is -0.669. The van der Waals surface area contributed by atoms with Gasteiger partial charge in [0.2, 0.25) is 11.8 Å². The summed E-state index contributed by atoms with van der Waals surface area (Å²) in [4.78, 5) is 43.6. The monoisotopic (exact) mass is 259 g/mol. The lowest BCUT2D eigenvalue weighted by molar-refractivity contribution is -0.137. The van der Waals surface area contributed by atoms with Gasteiger partial charge in [-0.05, 0) is 20.3 Å². The molecule has 0 aliphatic carbocycles. The van der Waals surface area contributed by atoms with E-state index >= 15 is 0 Å². The molecule has 0 radical (unpaired) electrons. The Labute approximate surface area is 104 Å². The topological polar surface area (TPSA) is 139 Å². The maximum atomic E-state index is 11.3. The number of hydrogen-bond donors (Lipinski definition) is 4. The molecule has 8 heteroatoms. The van der Waals surface area contributed by atoms with Gasteiger partial charge in [0.25, 0.3) is 0 Å². The van der Waals surface area contributed by atoms with Crippen LogP contribution in [-0.4, -0.2) is 34.5 Å². The van der Waals surface area contributed by atoms with Crippen LogP contribution in [0, 0.1) is 0 Å². The first-order valence-electron chi connectivity index (χ1n) is 5.29. The molecular weight excluding hydrogens is 242 g/mol. The van der Waals surface area contributed by atoms with Crippen LogP contribution in [-0.2, 0) is 14.4 Å². The molecule has 102 valence electrons. The molecule has 0 aromatic heterocycles. The van der Waals surface area contributed by atoms with Crippen molar-refractivity contribution in [3.05, 3.63) is 0 Å². The number of carboxylic acid groups (broad SMARTS) is 1. The van der Waals surface area contributed by atoms with Gasteiger partial charge < -0.3 is 16.2 Å². The summed E-state index contributed by atoms with van der Waals surface area (Å²) in [6.07, 6.45) is -0.105. The molecule has 0 bridgehead atoms. The van der Waals surface area contributed by atoms with Crippen LogP contribution in [0.1, 0.15) is 33.1 Å². The first-order chi connectivity index (χ1) is 8.15. The number of hydrogen-bond acceptors (Lipinski definition) is 4. The van der Waals surface area contributed by atoms with Gasteiger partial charge in [-0.25, -0.2) is 4.79 Å². The van der Waals surface area contributed by atoms with Gasteiger partial charge in [-0.2, -0.15) is 0 Å². The Hall–Kier alpha value is -2.12. The molecule has 0 heterocycles. The Balaban J connectivity index is 4.05. The van der Waals surface area contributed by atoms with E-state index in [2.05, 4.69) is 5.32 Å². The quantitative estimate of drug-likeness (QED) is 0.501. The number of primary amides is 1. The largest absolute Gasteiger partial charge is 0.481 e. The van der Waals surface area contributed by atoms with Gasteiger partial charge in [-0.1, -0.05) is 0 Å². The molecule has 0 aliphatic rings. The molecule has 0 rings (SSSR count). The van der Waals surface area contributed by atoms with Crippen LogP contribution in [0.4, 0.5) is 4.79 Å². The van der Waals surface area contributed by atoms with E-state index in [0.29, 0.717) is 0 Å². The minimum Gasteiger partial charge on any atom is -0.481 e. The Morgan fingerprint density at radius 1 is 1.17 bits per heavy atom. The number of carboxylic acids is 1. The molecule has 8 nitrogen and oxygen atoms in total. The second-order valence-electron chi connectivity index (χ2n) is 4.24. The van der Waals surface area contributed by atoms with Crippen molar-refractivity contribution < 1.29 is 24.3 Å². The fourth-order valence-electron chi connectivity index (χ4n) is 0.966. The highest BCUT2D eigenvalue weighted by Crippen LogP contribution is 2.00. The second-order valence-corrected chi connectivity index (χ2v) is 4.24. The van der Waals surface area contributed by atoms with Crippen molar-refractivity contribution in [2.45, 2.75) is 38.6 Å². The summed E-state index contributed by atoms with van der Waals surface area (Å²) in [5, 5.41) is 12.6. The van der Waals surface area contributed by atoms with E-state index in [1.165, 1.54) is 13.8 Å². The maximum absolute atomic E-state index is 11.3. The summed E-state index contributed by atoms with van der Waals surface area (Å²) in [6, 6.07) is -0.848. The summed E-state index contributed by atoms with van der Waals surface area (Å²) in [6.45, 7) is 2.79. The summed E-state index contributed by atoms with van der Waals surface area (Å²) >= 11 is 0. The van der Waals surface area contributed by atoms with Crippen LogP contribution in [0.15, 0.2) is 0 Å². The minimum absolute atomic E-state index is 0.0866. The third-order valence-electron chi connectivity index (χ3n) is 2.09. The Morgan fingerprint density at radius 3 is 2.17 bits per heavy atom. The van der Waals surface area contributed by atoms with Crippen molar-refractivity contribution in [2.24, 2.45) is 5.73 Å². The molecule has 0 aromatic rings. The van der Waals surface area contributed by atoms with E-state index < -0.39 is 29.4 Å². The molecule has 0 aromatic carbocycles. The summed E-state index contributed by atoms with van der Waals surface area (Å²) < 4.78 is 0. The van der Waals surface area contributed by atoms with Crippen LogP contribution in [0.2, 0.25) is 0 Å². The van der Waals surface area contributed by atoms with Gasteiger partial charge in [-0.3, -0.25) is 19.7 Å². The molecular formula is C10H17N3O5. The number of urea groups is 1. The van der Waals surface area contributed by atoms with Gasteiger partial charge in [-0.15, -0.1) is 0 Å². The third-order valence-corrected chi connectivity index (χ3v) is 2.09. The van der Waals surface area contributed by atoms with Gasteiger partial charge in [0, 0.05) is 12.8 Å². The molecule has 0 saturated carbocycles. The molecule has 0 saturated heterocycles. The van der Waals surface area contributed by atoms with E-state index in [-0.39, 0.29) is 19.3 Å². The van der Waals surface area contributed by atoms with Crippen LogP contribution >= 0.6 is 0 Å². The molecule has 0 aliphatic heterocycles. The number of carbonyl (C=O) groups is 4. The number of imide groups is 1. The van der Waals surface area contributed by atoms with Crippen molar-refractivity contribution in [3.63, 3.8) is 0 Å². The van der Waals surface area contributed by atoms with Crippen LogP contribution < -0.4 is 16.4 Å². The molecule has 0 fully saturated rings. The highest BCUT2D eigenvalue weighted by Gasteiger charge is 2.27. The first-order valence-corrected chi connectivity index (χ1v) is 5.29. The van der Waals surface area contributed by atoms with E-state index in [4.69, 9.17) is 10.8 Å². The first kappa shape index (κ1) is 15.9. The SMILES string of the molecule is CC(C)(NC(=O)NC(=O)CCCC(=O)O)C(N)=O. The maximum Gasteiger partial charge on any atom is 0.322 e. The average Bonchev–Trinajstić information content (AvgIpc) is 2.14. The van der Waals surface area contributed by atoms with E-state index in [1.54, 1.807) is 0 Å². The standard InChI is InChI=1S/C10H17N3O5/c1-10(2,8(11)17)13-9(18)12-6(14)4-3-5-7(15)16/h3-5H2,1-2H3,(H2,11,17)(H,15,16)(H2,12,13,14,18). The van der Waals surface area contributed by atoms with Gasteiger partial charge in [0.05, 0.1) is 0 Å². The number of rotatable bonds is 6. The Bertz CT molecular complexity index is 365. The lowest BCUT2D eigenvalue weighted by atomic mass is 10.1. The van der Waals surface area contributed by atoms with Gasteiger partial charge >= 0.3 is 12.0 Å². The minimum atomic E-state index is -1.27. The normalized spacial score (nSPS) is 10.6. The zero-order chi connectivity index (χ0) is 14.3. The highest BCUT2D eigenvalue weighted by atomic mass is 16.4. The van der Waals surface area contributed by atoms with Crippen molar-refractivity contribution in [1.82, 2.24) is 10.6 Å². The molecule has 0 spiro atoms. The predicted molar refractivity (Wildman–Crippen MR) is 61.4 cm³/mol. The smallest absolute Gasteiger partial charge is 0.322 e. The Kier molecular flexibility index (Phi) is 5.80. The summed E-state index contributed by atoms with van der Waals surface area (Å²) in [7, 11) is 0. The van der Waals surface area contributed by atoms with Gasteiger partial charge in [0.15, 0.2) is 0 Å². The number of nitrogens with two attached hydrogens (primary N) is 1. The highest BCUT2D eigenvalue weighted by molar-refractivity contribution is 5.97. The number of carbonyl (C=O) groups excluding carboxylic acids is 3. The molecule has 0 unspecified atom stereocenters. The number of nitrogens with one attached hydrogen (secondary N) is 2. The second kappa shape index (κ2) is 6.58. The fourth-order valence-corrected chi connectivity index (χ4v) is 0.966. The van der Waals surface area contributed by atoms with Crippen molar-refractivity contribution in [1.29, 1.82) is 0 Å². The lowest BCUT2D eigenvalue weighted by Gasteiger charge is -2.21. The fraction of sp³-hybridized carbons (Fsp3) is 0.600.